The fourth-order valence-electron chi connectivity index (χ4n) is 3.64. The topological polar surface area (TPSA) is 89.3 Å². The van der Waals surface area contributed by atoms with E-state index < -0.39 is 8.32 Å². The van der Waals surface area contributed by atoms with Gasteiger partial charge in [-0.1, -0.05) is 52.0 Å². The van der Waals surface area contributed by atoms with Crippen molar-refractivity contribution in [2.24, 2.45) is 9.98 Å². The van der Waals surface area contributed by atoms with E-state index in [-0.39, 0.29) is 30.7 Å². The number of nitrogens with zero attached hydrogens (tertiary/aromatic N) is 2. The summed E-state index contributed by atoms with van der Waals surface area (Å²) in [5, 5.41) is 0.0805. The standard InChI is InChI=1S/C33H52N2O7Si/c1-9-29(34-22-27-14-10-12-16-31(27)40-25-38-20-18-36-5)30(24-42-43(7,8)33(2,3)4)35-23-28-15-11-13-17-32(28)41-26-39-21-19-37-6/h10-17,22-23,29-30H,9,18-21,24-26H2,1-8H3/t29-,30-/m0/s1. The van der Waals surface area contributed by atoms with Crippen molar-refractivity contribution in [3.05, 3.63) is 59.7 Å². The van der Waals surface area contributed by atoms with Gasteiger partial charge in [0.1, 0.15) is 11.5 Å². The molecular formula is C33H52N2O7Si. The number of hydrogen-bond acceptors (Lipinski definition) is 9. The van der Waals surface area contributed by atoms with Gasteiger partial charge < -0.3 is 32.8 Å². The van der Waals surface area contributed by atoms with Crippen LogP contribution >= 0.6 is 0 Å². The summed E-state index contributed by atoms with van der Waals surface area (Å²) in [7, 11) is 1.27. The maximum absolute atomic E-state index is 6.66. The van der Waals surface area contributed by atoms with Crippen LogP contribution in [0.25, 0.3) is 0 Å². The average Bonchev–Trinajstić information content (AvgIpc) is 2.98. The fourth-order valence-corrected chi connectivity index (χ4v) is 4.66. The zero-order valence-electron chi connectivity index (χ0n) is 27.3. The summed E-state index contributed by atoms with van der Waals surface area (Å²) in [6, 6.07) is 15.3. The predicted octanol–water partition coefficient (Wildman–Crippen LogP) is 6.39. The molecule has 0 amide bonds. The van der Waals surface area contributed by atoms with Crippen LogP contribution in [-0.2, 0) is 23.4 Å². The second-order valence-corrected chi connectivity index (χ2v) is 16.4. The molecule has 2 atom stereocenters. The molecule has 0 aliphatic rings. The van der Waals surface area contributed by atoms with E-state index in [0.29, 0.717) is 44.5 Å². The minimum atomic E-state index is -2.01. The Hall–Kier alpha value is -2.60. The molecule has 9 nitrogen and oxygen atoms in total. The zero-order valence-corrected chi connectivity index (χ0v) is 28.3. The van der Waals surface area contributed by atoms with Gasteiger partial charge in [0.05, 0.1) is 45.1 Å². The molecule has 0 spiro atoms. The Morgan fingerprint density at radius 2 is 1.19 bits per heavy atom. The molecule has 2 rings (SSSR count). The van der Waals surface area contributed by atoms with Gasteiger partial charge in [-0.15, -0.1) is 0 Å². The molecule has 0 radical (unpaired) electrons. The van der Waals surface area contributed by atoms with Gasteiger partial charge in [-0.2, -0.15) is 0 Å². The maximum atomic E-state index is 6.66. The summed E-state index contributed by atoms with van der Waals surface area (Å²) >= 11 is 0. The molecule has 0 fully saturated rings. The van der Waals surface area contributed by atoms with E-state index in [1.54, 1.807) is 14.2 Å². The van der Waals surface area contributed by atoms with Gasteiger partial charge in [0.15, 0.2) is 21.9 Å². The number of benzene rings is 2. The zero-order chi connectivity index (χ0) is 31.6. The molecule has 10 heteroatoms. The molecule has 0 heterocycles. The minimum absolute atomic E-state index is 0.0805. The molecule has 0 aromatic heterocycles. The molecule has 2 aromatic carbocycles. The van der Waals surface area contributed by atoms with Crippen molar-refractivity contribution in [1.82, 2.24) is 0 Å². The van der Waals surface area contributed by atoms with Crippen molar-refractivity contribution in [1.29, 1.82) is 0 Å². The smallest absolute Gasteiger partial charge is 0.192 e. The highest BCUT2D eigenvalue weighted by Gasteiger charge is 2.38. The number of ether oxygens (including phenoxy) is 6. The van der Waals surface area contributed by atoms with Gasteiger partial charge in [0, 0.05) is 37.8 Å². The van der Waals surface area contributed by atoms with Crippen molar-refractivity contribution >= 4 is 20.7 Å². The van der Waals surface area contributed by atoms with Crippen LogP contribution in [0, 0.1) is 0 Å². The fraction of sp³-hybridized carbons (Fsp3) is 0.576. The number of para-hydroxylation sites is 2. The van der Waals surface area contributed by atoms with Crippen LogP contribution in [0.1, 0.15) is 45.2 Å². The van der Waals surface area contributed by atoms with Gasteiger partial charge in [-0.05, 0) is 48.8 Å². The van der Waals surface area contributed by atoms with Gasteiger partial charge in [-0.3, -0.25) is 9.98 Å². The Kier molecular flexibility index (Phi) is 16.7. The molecule has 0 aliphatic carbocycles. The SMILES string of the molecule is CC[C@H](N=Cc1ccccc1OCOCCOC)[C@H](CO[Si](C)(C)C(C)(C)C)N=Cc1ccccc1OCOCCOC. The first kappa shape index (κ1) is 36.6. The van der Waals surface area contributed by atoms with Crippen LogP contribution in [-0.4, -0.2) is 93.7 Å². The highest BCUT2D eigenvalue weighted by molar-refractivity contribution is 6.74. The predicted molar refractivity (Wildman–Crippen MR) is 176 cm³/mol. The quantitative estimate of drug-likeness (QED) is 0.0695. The van der Waals surface area contributed by atoms with Crippen LogP contribution in [0.3, 0.4) is 0 Å². The molecule has 2 aromatic rings. The van der Waals surface area contributed by atoms with Crippen LogP contribution in [0.2, 0.25) is 18.1 Å². The Bertz CT molecular complexity index is 1100. The minimum Gasteiger partial charge on any atom is -0.467 e. The molecule has 0 aliphatic heterocycles. The molecule has 0 unspecified atom stereocenters. The number of aliphatic imine (C=N–C) groups is 2. The van der Waals surface area contributed by atoms with Crippen LogP contribution in [0.5, 0.6) is 11.5 Å². The molecule has 0 N–H and O–H groups in total. The van der Waals surface area contributed by atoms with Crippen molar-refractivity contribution in [3.63, 3.8) is 0 Å². The molecule has 43 heavy (non-hydrogen) atoms. The van der Waals surface area contributed by atoms with E-state index in [1.807, 2.05) is 61.0 Å². The summed E-state index contributed by atoms with van der Waals surface area (Å²) in [6.07, 6.45) is 4.51. The van der Waals surface area contributed by atoms with E-state index in [2.05, 4.69) is 40.8 Å². The van der Waals surface area contributed by atoms with E-state index in [9.17, 15) is 0 Å². The third-order valence-electron chi connectivity index (χ3n) is 7.39. The van der Waals surface area contributed by atoms with Crippen LogP contribution in [0.4, 0.5) is 0 Å². The summed E-state index contributed by atoms with van der Waals surface area (Å²) in [5.74, 6) is 1.40. The van der Waals surface area contributed by atoms with Gasteiger partial charge in [0.25, 0.3) is 0 Å². The highest BCUT2D eigenvalue weighted by atomic mass is 28.4. The summed E-state index contributed by atoms with van der Waals surface area (Å²) in [4.78, 5) is 10.0. The van der Waals surface area contributed by atoms with Gasteiger partial charge in [-0.25, -0.2) is 0 Å². The Balaban J connectivity index is 2.27. The van der Waals surface area contributed by atoms with Crippen molar-refractivity contribution in [2.45, 2.75) is 64.3 Å². The Morgan fingerprint density at radius 3 is 1.63 bits per heavy atom. The van der Waals surface area contributed by atoms with E-state index >= 15 is 0 Å². The third kappa shape index (κ3) is 13.3. The molecular weight excluding hydrogens is 564 g/mol. The maximum Gasteiger partial charge on any atom is 0.192 e. The van der Waals surface area contributed by atoms with Gasteiger partial charge in [0.2, 0.25) is 0 Å². The van der Waals surface area contributed by atoms with Crippen LogP contribution in [0.15, 0.2) is 58.5 Å². The van der Waals surface area contributed by atoms with Crippen LogP contribution < -0.4 is 9.47 Å². The van der Waals surface area contributed by atoms with Crippen molar-refractivity contribution in [2.75, 3.05) is 60.8 Å². The second kappa shape index (κ2) is 19.6. The lowest BCUT2D eigenvalue weighted by molar-refractivity contribution is -0.00862. The highest BCUT2D eigenvalue weighted by Crippen LogP contribution is 2.37. The third-order valence-corrected chi connectivity index (χ3v) is 11.9. The van der Waals surface area contributed by atoms with Gasteiger partial charge >= 0.3 is 0 Å². The van der Waals surface area contributed by atoms with Crippen molar-refractivity contribution < 1.29 is 32.8 Å². The lowest BCUT2D eigenvalue weighted by Gasteiger charge is -2.37. The first-order chi connectivity index (χ1) is 20.6. The van der Waals surface area contributed by atoms with E-state index in [0.717, 1.165) is 17.5 Å². The first-order valence-electron chi connectivity index (χ1n) is 14.9. The number of rotatable bonds is 21. The summed E-state index contributed by atoms with van der Waals surface area (Å²) in [5.41, 5.74) is 1.73. The molecule has 0 bridgehead atoms. The average molecular weight is 617 g/mol. The normalized spacial score (nSPS) is 14.0. The molecule has 0 saturated carbocycles. The summed E-state index contributed by atoms with van der Waals surface area (Å²) in [6.45, 7) is 16.1. The second-order valence-electron chi connectivity index (χ2n) is 11.6. The largest absolute Gasteiger partial charge is 0.467 e. The van der Waals surface area contributed by atoms with E-state index in [4.69, 9.17) is 42.8 Å². The van der Waals surface area contributed by atoms with Crippen molar-refractivity contribution in [3.8, 4) is 11.5 Å². The summed E-state index contributed by atoms with van der Waals surface area (Å²) < 4.78 is 39.4. The lowest BCUT2D eigenvalue weighted by atomic mass is 10.1. The number of methoxy groups -OCH3 is 2. The number of hydrogen-bond donors (Lipinski definition) is 0. The Morgan fingerprint density at radius 1 is 0.721 bits per heavy atom. The monoisotopic (exact) mass is 616 g/mol. The van der Waals surface area contributed by atoms with E-state index in [1.165, 1.54) is 0 Å². The molecule has 240 valence electrons. The first-order valence-corrected chi connectivity index (χ1v) is 17.8. The molecule has 0 saturated heterocycles. The Labute approximate surface area is 259 Å². The lowest BCUT2D eigenvalue weighted by Crippen LogP contribution is -2.43.